The second kappa shape index (κ2) is 9.90. The third-order valence-electron chi connectivity index (χ3n) is 5.57. The van der Waals surface area contributed by atoms with Gasteiger partial charge in [-0.05, 0) is 60.4 Å². The number of benzene rings is 2. The summed E-state index contributed by atoms with van der Waals surface area (Å²) in [6.07, 6.45) is 3.34. The fraction of sp³-hybridized carbons (Fsp3) is 0.280. The predicted octanol–water partition coefficient (Wildman–Crippen LogP) is 5.65. The lowest BCUT2D eigenvalue weighted by atomic mass is 9.97. The summed E-state index contributed by atoms with van der Waals surface area (Å²) in [5.74, 6) is 0.961. The molecule has 0 aliphatic carbocycles. The number of carbonyl (C=O) groups excluding carboxylic acids is 1. The van der Waals surface area contributed by atoms with E-state index in [9.17, 15) is 4.79 Å². The molecule has 0 spiro atoms. The Morgan fingerprint density at radius 1 is 1.03 bits per heavy atom. The largest absolute Gasteiger partial charge is 0.488 e. The van der Waals surface area contributed by atoms with Crippen molar-refractivity contribution in [1.82, 2.24) is 9.88 Å². The maximum Gasteiger partial charge on any atom is 0.230 e. The van der Waals surface area contributed by atoms with Gasteiger partial charge in [0.15, 0.2) is 0 Å². The fourth-order valence-corrected chi connectivity index (χ4v) is 4.27. The molecule has 1 amide bonds. The smallest absolute Gasteiger partial charge is 0.230 e. The molecule has 0 unspecified atom stereocenters. The van der Waals surface area contributed by atoms with E-state index in [4.69, 9.17) is 27.9 Å². The van der Waals surface area contributed by atoms with E-state index in [-0.39, 0.29) is 11.8 Å². The first-order valence-corrected chi connectivity index (χ1v) is 11.2. The number of nitrogens with zero attached hydrogens (tertiary/aromatic N) is 2. The molecule has 7 heteroatoms. The average molecular weight is 470 g/mol. The number of hydrogen-bond donors (Lipinski definition) is 1. The highest BCUT2D eigenvalue weighted by Crippen LogP contribution is 2.29. The molecule has 1 aliphatic rings. The number of rotatable bonds is 7. The Hall–Kier alpha value is -2.60. The van der Waals surface area contributed by atoms with Crippen LogP contribution in [0.1, 0.15) is 22.3 Å². The van der Waals surface area contributed by atoms with Gasteiger partial charge in [-0.15, -0.1) is 0 Å². The Morgan fingerprint density at radius 3 is 2.38 bits per heavy atom. The van der Waals surface area contributed by atoms with Gasteiger partial charge in [-0.25, -0.2) is 0 Å². The number of hydrogen-bond acceptors (Lipinski definition) is 4. The molecule has 1 saturated heterocycles. The van der Waals surface area contributed by atoms with Gasteiger partial charge in [-0.1, -0.05) is 41.4 Å². The van der Waals surface area contributed by atoms with Crippen molar-refractivity contribution in [3.63, 3.8) is 0 Å². The molecule has 5 nitrogen and oxygen atoms in total. The highest BCUT2D eigenvalue weighted by atomic mass is 35.5. The van der Waals surface area contributed by atoms with E-state index in [1.54, 1.807) is 30.6 Å². The number of nitrogens with one attached hydrogen (secondary N) is 1. The highest BCUT2D eigenvalue weighted by Gasteiger charge is 2.32. The van der Waals surface area contributed by atoms with Gasteiger partial charge < -0.3 is 10.1 Å². The van der Waals surface area contributed by atoms with E-state index >= 15 is 0 Å². The van der Waals surface area contributed by atoms with Crippen molar-refractivity contribution in [3.8, 4) is 5.75 Å². The Morgan fingerprint density at radius 2 is 1.72 bits per heavy atom. The molecule has 32 heavy (non-hydrogen) atoms. The highest BCUT2D eigenvalue weighted by molar-refractivity contribution is 6.42. The third kappa shape index (κ3) is 5.41. The summed E-state index contributed by atoms with van der Waals surface area (Å²) in [6.45, 7) is 6.87. The van der Waals surface area contributed by atoms with Gasteiger partial charge in [0.05, 0.1) is 16.0 Å². The fourth-order valence-electron chi connectivity index (χ4n) is 3.95. The Balaban J connectivity index is 1.31. The van der Waals surface area contributed by atoms with Crippen molar-refractivity contribution in [1.29, 1.82) is 0 Å². The monoisotopic (exact) mass is 469 g/mol. The first-order valence-electron chi connectivity index (χ1n) is 10.5. The molecular weight excluding hydrogens is 445 g/mol. The van der Waals surface area contributed by atoms with E-state index in [0.717, 1.165) is 47.8 Å². The van der Waals surface area contributed by atoms with E-state index in [1.807, 2.05) is 12.1 Å². The number of amides is 1. The molecule has 0 radical (unpaired) electrons. The molecular formula is C25H25Cl2N3O2. The van der Waals surface area contributed by atoms with Crippen LogP contribution in [0, 0.1) is 19.8 Å². The molecule has 4 rings (SSSR count). The summed E-state index contributed by atoms with van der Waals surface area (Å²) in [6, 6.07) is 13.4. The van der Waals surface area contributed by atoms with Crippen molar-refractivity contribution in [3.05, 3.63) is 87.2 Å². The Labute approximate surface area is 198 Å². The molecule has 166 valence electrons. The zero-order chi connectivity index (χ0) is 22.7. The molecule has 1 fully saturated rings. The van der Waals surface area contributed by atoms with Gasteiger partial charge in [0, 0.05) is 37.7 Å². The van der Waals surface area contributed by atoms with Crippen LogP contribution in [-0.2, 0) is 17.9 Å². The van der Waals surface area contributed by atoms with Crippen molar-refractivity contribution in [2.75, 3.05) is 18.4 Å². The molecule has 1 aromatic heterocycles. The summed E-state index contributed by atoms with van der Waals surface area (Å²) in [7, 11) is 0. The number of anilines is 1. The second-order valence-electron chi connectivity index (χ2n) is 8.21. The predicted molar refractivity (Wildman–Crippen MR) is 128 cm³/mol. The zero-order valence-corrected chi connectivity index (χ0v) is 19.6. The van der Waals surface area contributed by atoms with Gasteiger partial charge in [0.1, 0.15) is 12.4 Å². The van der Waals surface area contributed by atoms with Crippen LogP contribution in [-0.4, -0.2) is 28.9 Å². The maximum atomic E-state index is 12.4. The number of ether oxygens (including phenoxy) is 1. The number of pyridine rings is 1. The topological polar surface area (TPSA) is 54.5 Å². The van der Waals surface area contributed by atoms with E-state index in [1.165, 1.54) is 5.56 Å². The van der Waals surface area contributed by atoms with Crippen LogP contribution in [0.5, 0.6) is 5.75 Å². The first-order chi connectivity index (χ1) is 15.4. The van der Waals surface area contributed by atoms with Crippen LogP contribution < -0.4 is 10.1 Å². The lowest BCUT2D eigenvalue weighted by Crippen LogP contribution is -2.51. The minimum Gasteiger partial charge on any atom is -0.488 e. The summed E-state index contributed by atoms with van der Waals surface area (Å²) >= 11 is 12.1. The molecule has 1 aliphatic heterocycles. The van der Waals surface area contributed by atoms with Crippen LogP contribution in [0.25, 0.3) is 0 Å². The van der Waals surface area contributed by atoms with Crippen LogP contribution in [0.2, 0.25) is 10.0 Å². The van der Waals surface area contributed by atoms with Crippen LogP contribution in [0.4, 0.5) is 5.69 Å². The SMILES string of the molecule is Cc1cc(CN2CC(C(=O)Nc3ccncc3)C2)cc(C)c1OCc1ccc(Cl)c(Cl)c1. The van der Waals surface area contributed by atoms with E-state index in [2.05, 4.69) is 41.2 Å². The lowest BCUT2D eigenvalue weighted by Gasteiger charge is -2.38. The van der Waals surface area contributed by atoms with Crippen molar-refractivity contribution in [2.45, 2.75) is 27.0 Å². The van der Waals surface area contributed by atoms with Crippen LogP contribution >= 0.6 is 23.2 Å². The molecule has 0 atom stereocenters. The second-order valence-corrected chi connectivity index (χ2v) is 9.03. The van der Waals surface area contributed by atoms with Crippen molar-refractivity contribution >= 4 is 34.8 Å². The van der Waals surface area contributed by atoms with Gasteiger partial charge in [-0.2, -0.15) is 0 Å². The van der Waals surface area contributed by atoms with Crippen LogP contribution in [0.3, 0.4) is 0 Å². The Bertz CT molecular complexity index is 1090. The molecule has 3 aromatic rings. The average Bonchev–Trinajstić information content (AvgIpc) is 2.73. The first kappa shape index (κ1) is 22.6. The number of aromatic nitrogens is 1. The zero-order valence-electron chi connectivity index (χ0n) is 18.1. The third-order valence-corrected chi connectivity index (χ3v) is 6.31. The lowest BCUT2D eigenvalue weighted by molar-refractivity contribution is -0.125. The standard InChI is InChI=1S/C25H25Cl2N3O2/c1-16-9-19(10-17(2)24(16)32-15-18-3-4-22(26)23(27)11-18)12-30-13-20(14-30)25(31)29-21-5-7-28-8-6-21/h3-11,20H,12-15H2,1-2H3,(H,28,29,31). The summed E-state index contributed by atoms with van der Waals surface area (Å²) in [5, 5.41) is 4.01. The molecule has 0 bridgehead atoms. The minimum atomic E-state index is 0.0131. The summed E-state index contributed by atoms with van der Waals surface area (Å²) < 4.78 is 6.08. The van der Waals surface area contributed by atoms with Gasteiger partial charge >= 0.3 is 0 Å². The number of aryl methyl sites for hydroxylation is 2. The van der Waals surface area contributed by atoms with Gasteiger partial charge in [0.25, 0.3) is 0 Å². The summed E-state index contributed by atoms with van der Waals surface area (Å²) in [5.41, 5.74) is 5.15. The normalized spacial score (nSPS) is 14.1. The molecule has 1 N–H and O–H groups in total. The number of carbonyl (C=O) groups is 1. The van der Waals surface area contributed by atoms with Crippen LogP contribution in [0.15, 0.2) is 54.9 Å². The number of halogens is 2. The molecule has 0 saturated carbocycles. The van der Waals surface area contributed by atoms with Gasteiger partial charge in [0.2, 0.25) is 5.91 Å². The van der Waals surface area contributed by atoms with Gasteiger partial charge in [-0.3, -0.25) is 14.7 Å². The van der Waals surface area contributed by atoms with Crippen molar-refractivity contribution < 1.29 is 9.53 Å². The van der Waals surface area contributed by atoms with E-state index in [0.29, 0.717) is 16.7 Å². The summed E-state index contributed by atoms with van der Waals surface area (Å²) in [4.78, 5) is 18.6. The number of likely N-dealkylation sites (tertiary alicyclic amines) is 1. The Kier molecular flexibility index (Phi) is 6.99. The van der Waals surface area contributed by atoms with Crippen molar-refractivity contribution in [2.24, 2.45) is 5.92 Å². The molecule has 2 heterocycles. The minimum absolute atomic E-state index is 0.0131. The molecule has 2 aromatic carbocycles. The quantitative estimate of drug-likeness (QED) is 0.485. The van der Waals surface area contributed by atoms with E-state index < -0.39 is 0 Å². The maximum absolute atomic E-state index is 12.4.